The zero-order chi connectivity index (χ0) is 23.8. The number of amides is 1. The summed E-state index contributed by atoms with van der Waals surface area (Å²) in [6, 6.07) is 20.7. The van der Waals surface area contributed by atoms with E-state index in [1.165, 1.54) is 18.3 Å². The second-order valence-electron chi connectivity index (χ2n) is 6.99. The summed E-state index contributed by atoms with van der Waals surface area (Å²) in [7, 11) is -3.68. The van der Waals surface area contributed by atoms with Gasteiger partial charge in [-0.05, 0) is 60.2 Å². The van der Waals surface area contributed by atoms with E-state index in [2.05, 4.69) is 10.5 Å². The second kappa shape index (κ2) is 11.2. The fourth-order valence-corrected chi connectivity index (χ4v) is 3.95. The third-order valence-electron chi connectivity index (χ3n) is 4.44. The molecule has 0 heterocycles. The van der Waals surface area contributed by atoms with Crippen LogP contribution < -0.4 is 14.5 Å². The molecule has 3 aromatic rings. The highest BCUT2D eigenvalue weighted by Gasteiger charge is 2.20. The van der Waals surface area contributed by atoms with Crippen molar-refractivity contribution in [3.8, 4) is 5.75 Å². The van der Waals surface area contributed by atoms with E-state index in [1.54, 1.807) is 42.5 Å². The molecule has 7 nitrogen and oxygen atoms in total. The number of carbonyl (C=O) groups excluding carboxylic acids is 1. The molecule has 0 unspecified atom stereocenters. The SMILES string of the molecule is CS(=O)(=O)N(CC(=O)N/N=C\c1ccc(OCc2ccccc2Cl)cc1)c1ccc(Cl)cc1. The summed E-state index contributed by atoms with van der Waals surface area (Å²) in [5.74, 6) is 0.0641. The van der Waals surface area contributed by atoms with Crippen molar-refractivity contribution >= 4 is 51.0 Å². The summed E-state index contributed by atoms with van der Waals surface area (Å²) in [6.45, 7) is -0.0831. The number of carbonyl (C=O) groups is 1. The van der Waals surface area contributed by atoms with Gasteiger partial charge in [0.1, 0.15) is 18.9 Å². The van der Waals surface area contributed by atoms with Crippen LogP contribution in [0.1, 0.15) is 11.1 Å². The summed E-state index contributed by atoms with van der Waals surface area (Å²) in [6.07, 6.45) is 2.47. The lowest BCUT2D eigenvalue weighted by atomic mass is 10.2. The molecule has 3 aromatic carbocycles. The van der Waals surface area contributed by atoms with Crippen molar-refractivity contribution in [3.63, 3.8) is 0 Å². The van der Waals surface area contributed by atoms with Crippen LogP contribution in [0.25, 0.3) is 0 Å². The highest BCUT2D eigenvalue weighted by molar-refractivity contribution is 7.92. The predicted octanol–water partition coefficient (Wildman–Crippen LogP) is 4.49. The van der Waals surface area contributed by atoms with Crippen LogP contribution >= 0.6 is 23.2 Å². The third-order valence-corrected chi connectivity index (χ3v) is 6.20. The highest BCUT2D eigenvalue weighted by atomic mass is 35.5. The van der Waals surface area contributed by atoms with Crippen LogP contribution in [0, 0.1) is 0 Å². The molecule has 10 heteroatoms. The van der Waals surface area contributed by atoms with Crippen molar-refractivity contribution < 1.29 is 17.9 Å². The lowest BCUT2D eigenvalue weighted by molar-refractivity contribution is -0.119. The van der Waals surface area contributed by atoms with Gasteiger partial charge in [-0.3, -0.25) is 9.10 Å². The molecule has 1 N–H and O–H groups in total. The van der Waals surface area contributed by atoms with E-state index in [-0.39, 0.29) is 0 Å². The van der Waals surface area contributed by atoms with Crippen molar-refractivity contribution in [1.29, 1.82) is 0 Å². The van der Waals surface area contributed by atoms with Crippen molar-refractivity contribution in [1.82, 2.24) is 5.43 Å². The average molecular weight is 506 g/mol. The topological polar surface area (TPSA) is 88.1 Å². The fraction of sp³-hybridized carbons (Fsp3) is 0.130. The number of hydrogen-bond donors (Lipinski definition) is 1. The average Bonchev–Trinajstić information content (AvgIpc) is 2.78. The number of nitrogens with one attached hydrogen (secondary N) is 1. The first-order chi connectivity index (χ1) is 15.7. The van der Waals surface area contributed by atoms with E-state index < -0.39 is 22.5 Å². The molecular formula is C23H21Cl2N3O4S. The molecule has 0 saturated carbocycles. The van der Waals surface area contributed by atoms with Crippen molar-refractivity contribution in [2.75, 3.05) is 17.1 Å². The Morgan fingerprint density at radius 1 is 1.03 bits per heavy atom. The maximum absolute atomic E-state index is 12.2. The van der Waals surface area contributed by atoms with Crippen molar-refractivity contribution in [2.45, 2.75) is 6.61 Å². The maximum atomic E-state index is 12.2. The molecule has 0 spiro atoms. The van der Waals surface area contributed by atoms with Gasteiger partial charge in [0.15, 0.2) is 0 Å². The Morgan fingerprint density at radius 2 is 1.70 bits per heavy atom. The van der Waals surface area contributed by atoms with Gasteiger partial charge in [0, 0.05) is 15.6 Å². The Kier molecular flexibility index (Phi) is 8.32. The normalized spacial score (nSPS) is 11.4. The molecular weight excluding hydrogens is 485 g/mol. The van der Waals surface area contributed by atoms with Gasteiger partial charge in [-0.15, -0.1) is 0 Å². The number of sulfonamides is 1. The molecule has 0 radical (unpaired) electrons. The number of benzene rings is 3. The highest BCUT2D eigenvalue weighted by Crippen LogP contribution is 2.20. The monoisotopic (exact) mass is 505 g/mol. The van der Waals surface area contributed by atoms with E-state index in [0.29, 0.717) is 28.1 Å². The van der Waals surface area contributed by atoms with Gasteiger partial charge < -0.3 is 4.74 Å². The molecule has 172 valence electrons. The number of anilines is 1. The number of ether oxygens (including phenoxy) is 1. The second-order valence-corrected chi connectivity index (χ2v) is 9.74. The van der Waals surface area contributed by atoms with Gasteiger partial charge in [0.25, 0.3) is 5.91 Å². The molecule has 0 atom stereocenters. The van der Waals surface area contributed by atoms with E-state index in [4.69, 9.17) is 27.9 Å². The van der Waals surface area contributed by atoms with E-state index in [0.717, 1.165) is 21.7 Å². The zero-order valence-electron chi connectivity index (χ0n) is 17.6. The summed E-state index contributed by atoms with van der Waals surface area (Å²) in [5.41, 5.74) is 4.27. The van der Waals surface area contributed by atoms with Gasteiger partial charge in [0.05, 0.1) is 18.2 Å². The van der Waals surface area contributed by atoms with Crippen LogP contribution in [0.15, 0.2) is 77.9 Å². The Bertz CT molecular complexity index is 1230. The van der Waals surface area contributed by atoms with Crippen molar-refractivity contribution in [2.24, 2.45) is 5.10 Å². The molecule has 1 amide bonds. The van der Waals surface area contributed by atoms with E-state index in [1.807, 2.05) is 18.2 Å². The van der Waals surface area contributed by atoms with Gasteiger partial charge in [0.2, 0.25) is 10.0 Å². The molecule has 0 aliphatic carbocycles. The van der Waals surface area contributed by atoms with Crippen LogP contribution in [0.3, 0.4) is 0 Å². The lowest BCUT2D eigenvalue weighted by Crippen LogP contribution is -2.38. The van der Waals surface area contributed by atoms with E-state index in [9.17, 15) is 13.2 Å². The third kappa shape index (κ3) is 7.49. The molecule has 0 saturated heterocycles. The summed E-state index contributed by atoms with van der Waals surface area (Å²) >= 11 is 12.0. The number of rotatable bonds is 9. The number of hydrogen-bond acceptors (Lipinski definition) is 5. The minimum Gasteiger partial charge on any atom is -0.489 e. The summed E-state index contributed by atoms with van der Waals surface area (Å²) in [4.78, 5) is 12.2. The Labute approximate surface area is 202 Å². The number of nitrogens with zero attached hydrogens (tertiary/aromatic N) is 2. The molecule has 33 heavy (non-hydrogen) atoms. The van der Waals surface area contributed by atoms with E-state index >= 15 is 0 Å². The fourth-order valence-electron chi connectivity index (χ4n) is 2.78. The zero-order valence-corrected chi connectivity index (χ0v) is 19.9. The Hall–Kier alpha value is -3.07. The Balaban J connectivity index is 1.54. The minimum absolute atomic E-state index is 0.327. The first-order valence-corrected chi connectivity index (χ1v) is 12.3. The van der Waals surface area contributed by atoms with Crippen LogP contribution in [0.4, 0.5) is 5.69 Å². The number of halogens is 2. The standard InChI is InChI=1S/C23H21Cl2N3O4S/c1-33(30,31)28(20-10-8-19(24)9-11-20)15-23(29)27-26-14-17-6-12-21(13-7-17)32-16-18-4-2-3-5-22(18)25/h2-14H,15-16H2,1H3,(H,27,29)/b26-14-. The molecule has 0 aliphatic heterocycles. The van der Waals surface area contributed by atoms with Crippen LogP contribution in [0.5, 0.6) is 5.75 Å². The largest absolute Gasteiger partial charge is 0.489 e. The maximum Gasteiger partial charge on any atom is 0.260 e. The minimum atomic E-state index is -3.68. The molecule has 0 fully saturated rings. The molecule has 3 rings (SSSR count). The van der Waals surface area contributed by atoms with Gasteiger partial charge in [-0.25, -0.2) is 13.8 Å². The van der Waals surface area contributed by atoms with Gasteiger partial charge in [-0.2, -0.15) is 5.10 Å². The van der Waals surface area contributed by atoms with Gasteiger partial charge >= 0.3 is 0 Å². The summed E-state index contributed by atoms with van der Waals surface area (Å²) in [5, 5.41) is 4.99. The predicted molar refractivity (Wildman–Crippen MR) is 132 cm³/mol. The van der Waals surface area contributed by atoms with Gasteiger partial charge in [-0.1, -0.05) is 41.4 Å². The van der Waals surface area contributed by atoms with Crippen LogP contribution in [0.2, 0.25) is 10.0 Å². The first-order valence-electron chi connectivity index (χ1n) is 9.74. The molecule has 0 aliphatic rings. The van der Waals surface area contributed by atoms with Crippen LogP contribution in [-0.2, 0) is 21.4 Å². The Morgan fingerprint density at radius 3 is 2.33 bits per heavy atom. The van der Waals surface area contributed by atoms with Crippen LogP contribution in [-0.4, -0.2) is 33.3 Å². The lowest BCUT2D eigenvalue weighted by Gasteiger charge is -2.21. The quantitative estimate of drug-likeness (QED) is 0.342. The first kappa shape index (κ1) is 24.6. The molecule has 0 aromatic heterocycles. The smallest absolute Gasteiger partial charge is 0.260 e. The summed E-state index contributed by atoms with van der Waals surface area (Å²) < 4.78 is 30.9. The van der Waals surface area contributed by atoms with Crippen molar-refractivity contribution in [3.05, 3.63) is 94.0 Å². The molecule has 0 bridgehead atoms. The number of hydrazone groups is 1.